The van der Waals surface area contributed by atoms with Crippen molar-refractivity contribution < 1.29 is 0 Å². The quantitative estimate of drug-likeness (QED) is 0.552. The molecule has 0 unspecified atom stereocenters. The first-order chi connectivity index (χ1) is 7.24. The van der Waals surface area contributed by atoms with Crippen LogP contribution < -0.4 is 10.6 Å². The number of hydrogen-bond acceptors (Lipinski definition) is 2. The highest BCUT2D eigenvalue weighted by molar-refractivity contribution is 5.77. The van der Waals surface area contributed by atoms with Gasteiger partial charge in [0, 0.05) is 25.2 Å². The number of nitrogens with zero attached hydrogens (tertiary/aromatic N) is 1. The minimum Gasteiger partial charge on any atom is -0.388 e. The van der Waals surface area contributed by atoms with E-state index in [0.717, 1.165) is 19.5 Å². The number of benzene rings is 1. The molecule has 1 aromatic carbocycles. The van der Waals surface area contributed by atoms with E-state index in [2.05, 4.69) is 24.0 Å². The van der Waals surface area contributed by atoms with E-state index in [0.29, 0.717) is 6.42 Å². The van der Waals surface area contributed by atoms with Gasteiger partial charge in [-0.15, -0.1) is 0 Å². The lowest BCUT2D eigenvalue weighted by Crippen LogP contribution is -2.28. The lowest BCUT2D eigenvalue weighted by Gasteiger charge is -2.23. The molecule has 3 heteroatoms. The summed E-state index contributed by atoms with van der Waals surface area (Å²) in [4.78, 5) is 2.27. The standard InChI is InChI=1S/C12H19N3/c1-2-9-15(10-8-12(13)14)11-6-4-3-5-7-11/h3-7H,2,8-10H2,1H3,(H3,13,14). The molecule has 0 atom stereocenters. The fourth-order valence-corrected chi connectivity index (χ4v) is 1.53. The van der Waals surface area contributed by atoms with Crippen molar-refractivity contribution in [3.05, 3.63) is 30.3 Å². The fraction of sp³-hybridized carbons (Fsp3) is 0.417. The molecule has 0 radical (unpaired) electrons. The van der Waals surface area contributed by atoms with E-state index in [1.807, 2.05) is 18.2 Å². The molecule has 0 fully saturated rings. The Morgan fingerprint density at radius 3 is 2.47 bits per heavy atom. The molecule has 0 aliphatic rings. The van der Waals surface area contributed by atoms with Gasteiger partial charge in [-0.2, -0.15) is 0 Å². The Morgan fingerprint density at radius 1 is 1.27 bits per heavy atom. The Bertz CT molecular complexity index is 295. The number of anilines is 1. The maximum Gasteiger partial charge on any atom is 0.0923 e. The zero-order chi connectivity index (χ0) is 11.1. The van der Waals surface area contributed by atoms with Crippen LogP contribution in [0.3, 0.4) is 0 Å². The monoisotopic (exact) mass is 205 g/mol. The second-order valence-electron chi connectivity index (χ2n) is 3.60. The number of nitrogens with one attached hydrogen (secondary N) is 1. The SMILES string of the molecule is CCCN(CCC(=N)N)c1ccccc1. The third-order valence-corrected chi connectivity index (χ3v) is 2.27. The van der Waals surface area contributed by atoms with E-state index in [1.165, 1.54) is 5.69 Å². The van der Waals surface area contributed by atoms with Crippen molar-refractivity contribution in [3.63, 3.8) is 0 Å². The molecule has 0 amide bonds. The van der Waals surface area contributed by atoms with E-state index in [9.17, 15) is 0 Å². The minimum atomic E-state index is 0.257. The van der Waals surface area contributed by atoms with Crippen LogP contribution in [0, 0.1) is 5.41 Å². The van der Waals surface area contributed by atoms with Gasteiger partial charge in [0.2, 0.25) is 0 Å². The largest absolute Gasteiger partial charge is 0.388 e. The van der Waals surface area contributed by atoms with Gasteiger partial charge in [0.25, 0.3) is 0 Å². The summed E-state index contributed by atoms with van der Waals surface area (Å²) in [6.45, 7) is 3.99. The van der Waals surface area contributed by atoms with Crippen LogP contribution in [0.15, 0.2) is 30.3 Å². The molecule has 15 heavy (non-hydrogen) atoms. The number of nitrogens with two attached hydrogens (primary N) is 1. The Morgan fingerprint density at radius 2 is 1.93 bits per heavy atom. The van der Waals surface area contributed by atoms with Gasteiger partial charge in [-0.25, -0.2) is 0 Å². The normalized spacial score (nSPS) is 9.93. The first-order valence-electron chi connectivity index (χ1n) is 5.37. The molecule has 0 aliphatic carbocycles. The summed E-state index contributed by atoms with van der Waals surface area (Å²) >= 11 is 0. The highest BCUT2D eigenvalue weighted by Crippen LogP contribution is 2.13. The van der Waals surface area contributed by atoms with Crippen molar-refractivity contribution >= 4 is 11.5 Å². The molecule has 0 aromatic heterocycles. The molecule has 3 N–H and O–H groups in total. The molecule has 82 valence electrons. The third kappa shape index (κ3) is 4.02. The van der Waals surface area contributed by atoms with Crippen LogP contribution in [-0.2, 0) is 0 Å². The summed E-state index contributed by atoms with van der Waals surface area (Å²) in [7, 11) is 0. The highest BCUT2D eigenvalue weighted by atomic mass is 15.1. The maximum absolute atomic E-state index is 7.23. The first-order valence-corrected chi connectivity index (χ1v) is 5.37. The van der Waals surface area contributed by atoms with Crippen LogP contribution in [0.25, 0.3) is 0 Å². The van der Waals surface area contributed by atoms with E-state index in [4.69, 9.17) is 11.1 Å². The molecule has 0 saturated carbocycles. The van der Waals surface area contributed by atoms with Crippen LogP contribution >= 0.6 is 0 Å². The van der Waals surface area contributed by atoms with Crippen molar-refractivity contribution in [1.82, 2.24) is 0 Å². The van der Waals surface area contributed by atoms with Gasteiger partial charge in [-0.05, 0) is 18.6 Å². The summed E-state index contributed by atoms with van der Waals surface area (Å²) in [5, 5.41) is 7.23. The van der Waals surface area contributed by atoms with Gasteiger partial charge < -0.3 is 10.6 Å². The molecular formula is C12H19N3. The lowest BCUT2D eigenvalue weighted by atomic mass is 10.2. The lowest BCUT2D eigenvalue weighted by molar-refractivity contribution is 0.771. The van der Waals surface area contributed by atoms with Gasteiger partial charge >= 0.3 is 0 Å². The number of amidine groups is 1. The van der Waals surface area contributed by atoms with E-state index < -0.39 is 0 Å². The molecule has 1 rings (SSSR count). The second kappa shape index (κ2) is 6.06. The second-order valence-corrected chi connectivity index (χ2v) is 3.60. The molecule has 0 bridgehead atoms. The van der Waals surface area contributed by atoms with Gasteiger partial charge in [-0.1, -0.05) is 25.1 Å². The Labute approximate surface area is 91.4 Å². The van der Waals surface area contributed by atoms with Crippen LogP contribution in [-0.4, -0.2) is 18.9 Å². The van der Waals surface area contributed by atoms with Crippen LogP contribution in [0.5, 0.6) is 0 Å². The van der Waals surface area contributed by atoms with Crippen LogP contribution in [0.1, 0.15) is 19.8 Å². The van der Waals surface area contributed by atoms with E-state index in [-0.39, 0.29) is 5.84 Å². The smallest absolute Gasteiger partial charge is 0.0923 e. The summed E-state index contributed by atoms with van der Waals surface area (Å²) in [5.41, 5.74) is 6.58. The van der Waals surface area contributed by atoms with Crippen molar-refractivity contribution in [1.29, 1.82) is 5.41 Å². The topological polar surface area (TPSA) is 53.1 Å². The van der Waals surface area contributed by atoms with E-state index >= 15 is 0 Å². The third-order valence-electron chi connectivity index (χ3n) is 2.27. The number of para-hydroxylation sites is 1. The fourth-order valence-electron chi connectivity index (χ4n) is 1.53. The molecule has 0 saturated heterocycles. The van der Waals surface area contributed by atoms with Gasteiger partial charge in [0.05, 0.1) is 5.84 Å². The van der Waals surface area contributed by atoms with Gasteiger partial charge in [0.15, 0.2) is 0 Å². The highest BCUT2D eigenvalue weighted by Gasteiger charge is 2.04. The number of rotatable bonds is 6. The zero-order valence-electron chi connectivity index (χ0n) is 9.24. The molecule has 0 spiro atoms. The molecule has 1 aromatic rings. The average molecular weight is 205 g/mol. The zero-order valence-corrected chi connectivity index (χ0v) is 9.24. The molecular weight excluding hydrogens is 186 g/mol. The van der Waals surface area contributed by atoms with Crippen LogP contribution in [0.4, 0.5) is 5.69 Å². The first kappa shape index (κ1) is 11.6. The maximum atomic E-state index is 7.23. The Kier molecular flexibility index (Phi) is 4.68. The number of hydrogen-bond donors (Lipinski definition) is 2. The molecule has 3 nitrogen and oxygen atoms in total. The van der Waals surface area contributed by atoms with Gasteiger partial charge in [-0.3, -0.25) is 5.41 Å². The molecule has 0 heterocycles. The molecule has 0 aliphatic heterocycles. The average Bonchev–Trinajstić information content (AvgIpc) is 2.25. The summed E-state index contributed by atoms with van der Waals surface area (Å²) in [6.07, 6.45) is 1.74. The predicted molar refractivity (Wildman–Crippen MR) is 65.5 cm³/mol. The van der Waals surface area contributed by atoms with Crippen molar-refractivity contribution in [2.45, 2.75) is 19.8 Å². The van der Waals surface area contributed by atoms with Crippen molar-refractivity contribution in [3.8, 4) is 0 Å². The Hall–Kier alpha value is -1.51. The summed E-state index contributed by atoms with van der Waals surface area (Å²) < 4.78 is 0. The predicted octanol–water partition coefficient (Wildman–Crippen LogP) is 2.23. The summed E-state index contributed by atoms with van der Waals surface area (Å²) in [5.74, 6) is 0.257. The van der Waals surface area contributed by atoms with E-state index in [1.54, 1.807) is 0 Å². The Balaban J connectivity index is 2.61. The van der Waals surface area contributed by atoms with Gasteiger partial charge in [0.1, 0.15) is 0 Å². The summed E-state index contributed by atoms with van der Waals surface area (Å²) in [6, 6.07) is 10.3. The van der Waals surface area contributed by atoms with Crippen LogP contribution in [0.2, 0.25) is 0 Å². The van der Waals surface area contributed by atoms with Crippen molar-refractivity contribution in [2.24, 2.45) is 5.73 Å². The minimum absolute atomic E-state index is 0.257. The van der Waals surface area contributed by atoms with Crippen molar-refractivity contribution in [2.75, 3.05) is 18.0 Å².